The van der Waals surface area contributed by atoms with Gasteiger partial charge in [-0.05, 0) is 55.7 Å². The summed E-state index contributed by atoms with van der Waals surface area (Å²) in [6.45, 7) is 2.18. The molecule has 3 N–H and O–H groups in total. The average molecular weight is 365 g/mol. The quantitative estimate of drug-likeness (QED) is 0.721. The molecule has 0 unspecified atom stereocenters. The zero-order chi connectivity index (χ0) is 19.1. The Morgan fingerprint density at radius 1 is 0.963 bits per heavy atom. The number of benzene rings is 2. The molecule has 1 saturated carbocycles. The van der Waals surface area contributed by atoms with Gasteiger partial charge in [0.05, 0.1) is 6.54 Å². The van der Waals surface area contributed by atoms with Crippen molar-refractivity contribution < 1.29 is 9.59 Å². The standard InChI is InChI=1S/C22H27N3O2/c1-16-7-5-11-19(13-16)23-15-21(26)24-20-12-6-8-17(14-20)22(27)25-18-9-3-2-4-10-18/h5-8,11-14,18,23H,2-4,9-10,15H2,1H3,(H,24,26)(H,25,27). The number of aryl methyl sites for hydroxylation is 1. The maximum atomic E-state index is 12.5. The van der Waals surface area contributed by atoms with Crippen LogP contribution in [0.15, 0.2) is 48.5 Å². The normalized spacial score (nSPS) is 14.4. The number of rotatable bonds is 6. The van der Waals surface area contributed by atoms with Crippen molar-refractivity contribution in [3.63, 3.8) is 0 Å². The van der Waals surface area contributed by atoms with Crippen LogP contribution < -0.4 is 16.0 Å². The summed E-state index contributed by atoms with van der Waals surface area (Å²) < 4.78 is 0. The van der Waals surface area contributed by atoms with Gasteiger partial charge in [0.2, 0.25) is 5.91 Å². The number of amides is 2. The van der Waals surface area contributed by atoms with E-state index in [0.29, 0.717) is 11.3 Å². The Kier molecular flexibility index (Phi) is 6.47. The minimum atomic E-state index is -0.152. The van der Waals surface area contributed by atoms with Crippen LogP contribution in [0.5, 0.6) is 0 Å². The lowest BCUT2D eigenvalue weighted by Crippen LogP contribution is -2.36. The molecule has 0 radical (unpaired) electrons. The second kappa shape index (κ2) is 9.21. The van der Waals surface area contributed by atoms with Crippen molar-refractivity contribution in [3.8, 4) is 0 Å². The first-order chi connectivity index (χ1) is 13.1. The van der Waals surface area contributed by atoms with Crippen LogP contribution in [0.4, 0.5) is 11.4 Å². The molecule has 0 heterocycles. The molecule has 1 aliphatic rings. The van der Waals surface area contributed by atoms with E-state index in [1.807, 2.05) is 31.2 Å². The van der Waals surface area contributed by atoms with Crippen LogP contribution >= 0.6 is 0 Å². The SMILES string of the molecule is Cc1cccc(NCC(=O)Nc2cccc(C(=O)NC3CCCCC3)c2)c1. The van der Waals surface area contributed by atoms with Crippen LogP contribution in [-0.4, -0.2) is 24.4 Å². The summed E-state index contributed by atoms with van der Waals surface area (Å²) in [6, 6.07) is 15.2. The van der Waals surface area contributed by atoms with E-state index in [-0.39, 0.29) is 24.4 Å². The molecule has 0 atom stereocenters. The van der Waals surface area contributed by atoms with Crippen molar-refractivity contribution in [2.24, 2.45) is 0 Å². The molecular weight excluding hydrogens is 338 g/mol. The number of anilines is 2. The van der Waals surface area contributed by atoms with Crippen LogP contribution in [0.25, 0.3) is 0 Å². The highest BCUT2D eigenvalue weighted by molar-refractivity contribution is 5.98. The summed E-state index contributed by atoms with van der Waals surface area (Å²) in [6.07, 6.45) is 5.70. The van der Waals surface area contributed by atoms with Crippen molar-refractivity contribution >= 4 is 23.2 Å². The predicted octanol–water partition coefficient (Wildman–Crippen LogP) is 4.11. The van der Waals surface area contributed by atoms with Crippen molar-refractivity contribution in [1.29, 1.82) is 0 Å². The third-order valence-corrected chi connectivity index (χ3v) is 4.82. The molecule has 1 fully saturated rings. The fourth-order valence-electron chi connectivity index (χ4n) is 3.40. The molecular formula is C22H27N3O2. The Balaban J connectivity index is 1.53. The predicted molar refractivity (Wildman–Crippen MR) is 109 cm³/mol. The number of nitrogens with one attached hydrogen (secondary N) is 3. The van der Waals surface area contributed by atoms with Crippen LogP contribution in [0.2, 0.25) is 0 Å². The van der Waals surface area contributed by atoms with Crippen LogP contribution in [0.3, 0.4) is 0 Å². The Bertz CT molecular complexity index is 798. The molecule has 142 valence electrons. The van der Waals surface area contributed by atoms with Gasteiger partial charge in [-0.1, -0.05) is 37.5 Å². The highest BCUT2D eigenvalue weighted by atomic mass is 16.2. The molecule has 27 heavy (non-hydrogen) atoms. The molecule has 5 nitrogen and oxygen atoms in total. The van der Waals surface area contributed by atoms with E-state index in [1.165, 1.54) is 19.3 Å². The van der Waals surface area contributed by atoms with Gasteiger partial charge in [-0.2, -0.15) is 0 Å². The average Bonchev–Trinajstić information content (AvgIpc) is 2.67. The van der Waals surface area contributed by atoms with E-state index in [2.05, 4.69) is 16.0 Å². The van der Waals surface area contributed by atoms with Gasteiger partial charge in [-0.25, -0.2) is 0 Å². The van der Waals surface area contributed by atoms with Crippen molar-refractivity contribution in [2.45, 2.75) is 45.1 Å². The van der Waals surface area contributed by atoms with Crippen molar-refractivity contribution in [2.75, 3.05) is 17.2 Å². The second-order valence-electron chi connectivity index (χ2n) is 7.16. The summed E-state index contributed by atoms with van der Waals surface area (Å²) in [5.74, 6) is -0.225. The van der Waals surface area contributed by atoms with E-state index in [0.717, 1.165) is 24.1 Å². The third-order valence-electron chi connectivity index (χ3n) is 4.82. The maximum absolute atomic E-state index is 12.5. The fourth-order valence-corrected chi connectivity index (χ4v) is 3.40. The zero-order valence-electron chi connectivity index (χ0n) is 15.8. The second-order valence-corrected chi connectivity index (χ2v) is 7.16. The fraction of sp³-hybridized carbons (Fsp3) is 0.364. The van der Waals surface area contributed by atoms with E-state index in [4.69, 9.17) is 0 Å². The van der Waals surface area contributed by atoms with Crippen LogP contribution in [-0.2, 0) is 4.79 Å². The van der Waals surface area contributed by atoms with E-state index < -0.39 is 0 Å². The smallest absolute Gasteiger partial charge is 0.251 e. The number of carbonyl (C=O) groups excluding carboxylic acids is 2. The summed E-state index contributed by atoms with van der Waals surface area (Å²) in [4.78, 5) is 24.7. The van der Waals surface area contributed by atoms with E-state index in [9.17, 15) is 9.59 Å². The highest BCUT2D eigenvalue weighted by Crippen LogP contribution is 2.18. The number of hydrogen-bond donors (Lipinski definition) is 3. The summed E-state index contributed by atoms with van der Waals surface area (Å²) in [5.41, 5.74) is 3.25. The minimum Gasteiger partial charge on any atom is -0.376 e. The molecule has 0 aromatic heterocycles. The molecule has 3 rings (SSSR count). The Hall–Kier alpha value is -2.82. The minimum absolute atomic E-state index is 0.0733. The lowest BCUT2D eigenvalue weighted by Gasteiger charge is -2.22. The summed E-state index contributed by atoms with van der Waals surface area (Å²) in [5, 5.41) is 9.05. The first-order valence-electron chi connectivity index (χ1n) is 9.61. The molecule has 2 amide bonds. The van der Waals surface area contributed by atoms with Gasteiger partial charge in [-0.15, -0.1) is 0 Å². The molecule has 0 aliphatic heterocycles. The molecule has 5 heteroatoms. The van der Waals surface area contributed by atoms with Gasteiger partial charge < -0.3 is 16.0 Å². The van der Waals surface area contributed by atoms with Gasteiger partial charge in [0.25, 0.3) is 5.91 Å². The number of hydrogen-bond acceptors (Lipinski definition) is 3. The monoisotopic (exact) mass is 365 g/mol. The molecule has 1 aliphatic carbocycles. The van der Waals surface area contributed by atoms with Gasteiger partial charge in [-0.3, -0.25) is 9.59 Å². The maximum Gasteiger partial charge on any atom is 0.251 e. The van der Waals surface area contributed by atoms with Gasteiger partial charge in [0.1, 0.15) is 0 Å². The lowest BCUT2D eigenvalue weighted by atomic mass is 9.95. The molecule has 2 aromatic rings. The summed E-state index contributed by atoms with van der Waals surface area (Å²) >= 11 is 0. The third kappa shape index (κ3) is 5.84. The van der Waals surface area contributed by atoms with Gasteiger partial charge >= 0.3 is 0 Å². The zero-order valence-corrected chi connectivity index (χ0v) is 15.8. The topological polar surface area (TPSA) is 70.2 Å². The lowest BCUT2D eigenvalue weighted by molar-refractivity contribution is -0.114. The molecule has 2 aromatic carbocycles. The Labute approximate surface area is 160 Å². The Morgan fingerprint density at radius 2 is 1.70 bits per heavy atom. The Morgan fingerprint density at radius 3 is 2.48 bits per heavy atom. The molecule has 0 bridgehead atoms. The summed E-state index contributed by atoms with van der Waals surface area (Å²) in [7, 11) is 0. The van der Waals surface area contributed by atoms with E-state index in [1.54, 1.807) is 24.3 Å². The van der Waals surface area contributed by atoms with Gasteiger partial charge in [0.15, 0.2) is 0 Å². The molecule has 0 spiro atoms. The highest BCUT2D eigenvalue weighted by Gasteiger charge is 2.17. The van der Waals surface area contributed by atoms with E-state index >= 15 is 0 Å². The van der Waals surface area contributed by atoms with Crippen LogP contribution in [0.1, 0.15) is 48.0 Å². The first kappa shape index (κ1) is 19.0. The van der Waals surface area contributed by atoms with Crippen molar-refractivity contribution in [3.05, 3.63) is 59.7 Å². The first-order valence-corrected chi connectivity index (χ1v) is 9.61. The van der Waals surface area contributed by atoms with Crippen LogP contribution in [0, 0.1) is 6.92 Å². The number of carbonyl (C=O) groups is 2. The van der Waals surface area contributed by atoms with Gasteiger partial charge in [0, 0.05) is 23.0 Å². The molecule has 0 saturated heterocycles. The van der Waals surface area contributed by atoms with Crippen molar-refractivity contribution in [1.82, 2.24) is 5.32 Å². The largest absolute Gasteiger partial charge is 0.376 e.